The molecule has 132 valence electrons. The van der Waals surface area contributed by atoms with Crippen LogP contribution in [0.15, 0.2) is 18.2 Å². The molecule has 3 fully saturated rings. The van der Waals surface area contributed by atoms with Gasteiger partial charge in [0.1, 0.15) is 0 Å². The van der Waals surface area contributed by atoms with Crippen LogP contribution in [0.25, 0.3) is 0 Å². The summed E-state index contributed by atoms with van der Waals surface area (Å²) < 4.78 is 39.5. The van der Waals surface area contributed by atoms with E-state index in [0.29, 0.717) is 13.1 Å². The van der Waals surface area contributed by atoms with Crippen LogP contribution in [0, 0.1) is 17.2 Å². The maximum atomic E-state index is 13.2. The predicted molar refractivity (Wildman–Crippen MR) is 79.8 cm³/mol. The Morgan fingerprint density at radius 1 is 1.24 bits per heavy atom. The molecule has 1 aromatic rings. The normalized spacial score (nSPS) is 29.1. The average molecular weight is 352 g/mol. The van der Waals surface area contributed by atoms with Crippen molar-refractivity contribution in [3.8, 4) is 6.07 Å². The van der Waals surface area contributed by atoms with Gasteiger partial charge in [0.25, 0.3) is 0 Å². The van der Waals surface area contributed by atoms with Gasteiger partial charge in [0.05, 0.1) is 23.2 Å². The van der Waals surface area contributed by atoms with Gasteiger partial charge in [0.15, 0.2) is 0 Å². The molecule has 0 aliphatic carbocycles. The number of nitriles is 1. The van der Waals surface area contributed by atoms with Crippen molar-refractivity contribution in [2.45, 2.75) is 24.7 Å². The molecule has 4 rings (SSSR count). The maximum absolute atomic E-state index is 13.2. The van der Waals surface area contributed by atoms with E-state index in [2.05, 4.69) is 0 Å². The van der Waals surface area contributed by atoms with Crippen molar-refractivity contribution in [2.75, 3.05) is 24.5 Å². The lowest BCUT2D eigenvalue weighted by Crippen LogP contribution is -2.44. The second-order valence-corrected chi connectivity index (χ2v) is 6.73. The van der Waals surface area contributed by atoms with Gasteiger partial charge in [-0.25, -0.2) is 4.79 Å². The zero-order chi connectivity index (χ0) is 17.9. The van der Waals surface area contributed by atoms with E-state index in [9.17, 15) is 23.2 Å². The molecule has 3 atom stereocenters. The van der Waals surface area contributed by atoms with Crippen molar-refractivity contribution in [2.24, 2.45) is 5.92 Å². The number of alkyl halides is 3. The quantitative estimate of drug-likeness (QED) is 0.842. The number of hydroxylamine groups is 2. The highest BCUT2D eigenvalue weighted by Crippen LogP contribution is 2.42. The Bertz CT molecular complexity index is 774. The lowest BCUT2D eigenvalue weighted by Gasteiger charge is -2.29. The molecule has 0 unspecified atom stereocenters. The van der Waals surface area contributed by atoms with Gasteiger partial charge in [-0.05, 0) is 30.5 Å². The highest BCUT2D eigenvalue weighted by molar-refractivity contribution is 5.95. The summed E-state index contributed by atoms with van der Waals surface area (Å²) in [5, 5.41) is 19.8. The van der Waals surface area contributed by atoms with Crippen LogP contribution < -0.4 is 4.90 Å². The SMILES string of the molecule is N#Cc1ccc(N2C[C@H]3[C@@H]4C[C@@H](CN(O)C4)N3C2=O)cc1C(F)(F)F. The molecule has 2 bridgehead atoms. The minimum atomic E-state index is -4.66. The third-order valence-corrected chi connectivity index (χ3v) is 5.30. The Morgan fingerprint density at radius 2 is 2.00 bits per heavy atom. The maximum Gasteiger partial charge on any atom is 0.417 e. The third kappa shape index (κ3) is 2.44. The molecule has 9 heteroatoms. The fraction of sp³-hybridized carbons (Fsp3) is 0.500. The number of piperidine rings is 1. The Labute approximate surface area is 141 Å². The van der Waals surface area contributed by atoms with Crippen LogP contribution in [0.3, 0.4) is 0 Å². The van der Waals surface area contributed by atoms with Crippen LogP contribution in [0.4, 0.5) is 23.7 Å². The first-order valence-electron chi connectivity index (χ1n) is 7.94. The van der Waals surface area contributed by atoms with E-state index in [1.54, 1.807) is 11.0 Å². The molecule has 3 aliphatic rings. The van der Waals surface area contributed by atoms with Crippen LogP contribution in [-0.2, 0) is 6.18 Å². The molecule has 1 N–H and O–H groups in total. The Morgan fingerprint density at radius 3 is 2.68 bits per heavy atom. The standard InChI is InChI=1S/C16H15F3N4O2/c17-16(18,19)13-4-11(2-1-9(13)5-20)22-8-14-10-3-12(7-21(25)6-10)23(14)15(22)24/h1-2,4,10,12,14,25H,3,6-8H2/t10-,12+,14+/m1/s1. The molecule has 0 spiro atoms. The summed E-state index contributed by atoms with van der Waals surface area (Å²) in [5.74, 6) is 0.109. The Hall–Kier alpha value is -2.31. The fourth-order valence-electron chi connectivity index (χ4n) is 4.25. The first-order chi connectivity index (χ1) is 11.8. The number of nitrogens with zero attached hydrogens (tertiary/aromatic N) is 4. The molecule has 0 aromatic heterocycles. The minimum absolute atomic E-state index is 0.109. The second-order valence-electron chi connectivity index (χ2n) is 6.73. The lowest BCUT2D eigenvalue weighted by atomic mass is 9.95. The number of urea groups is 1. The number of hydrogen-bond donors (Lipinski definition) is 1. The van der Waals surface area contributed by atoms with E-state index in [1.807, 2.05) is 0 Å². The average Bonchev–Trinajstić information content (AvgIpc) is 3.02. The molecular formula is C16H15F3N4O2. The topological polar surface area (TPSA) is 70.8 Å². The van der Waals surface area contributed by atoms with Crippen LogP contribution in [0.1, 0.15) is 17.5 Å². The molecule has 0 saturated carbocycles. The number of amides is 2. The summed E-state index contributed by atoms with van der Waals surface area (Å²) in [6.45, 7) is 1.10. The lowest BCUT2D eigenvalue weighted by molar-refractivity contribution is -0.137. The highest BCUT2D eigenvalue weighted by Gasteiger charge is 2.54. The summed E-state index contributed by atoms with van der Waals surface area (Å²) in [4.78, 5) is 15.8. The number of carbonyl (C=O) groups excluding carboxylic acids is 1. The minimum Gasteiger partial charge on any atom is -0.315 e. The summed E-state index contributed by atoms with van der Waals surface area (Å²) in [6.07, 6.45) is -3.85. The zero-order valence-electron chi connectivity index (χ0n) is 13.1. The van der Waals surface area contributed by atoms with Crippen molar-refractivity contribution in [3.63, 3.8) is 0 Å². The van der Waals surface area contributed by atoms with Gasteiger partial charge in [-0.2, -0.15) is 23.5 Å². The predicted octanol–water partition coefficient (Wildman–Crippen LogP) is 2.28. The molecule has 2 amide bonds. The summed E-state index contributed by atoms with van der Waals surface area (Å²) in [5.41, 5.74) is -1.35. The summed E-state index contributed by atoms with van der Waals surface area (Å²) >= 11 is 0. The number of anilines is 1. The number of hydrogen-bond acceptors (Lipinski definition) is 4. The molecule has 6 nitrogen and oxygen atoms in total. The fourth-order valence-corrected chi connectivity index (χ4v) is 4.25. The Kier molecular flexibility index (Phi) is 3.46. The monoisotopic (exact) mass is 352 g/mol. The first-order valence-corrected chi connectivity index (χ1v) is 7.94. The second kappa shape index (κ2) is 5.34. The van der Waals surface area contributed by atoms with Gasteiger partial charge < -0.3 is 10.1 Å². The molecule has 3 saturated heterocycles. The van der Waals surface area contributed by atoms with Gasteiger partial charge in [0.2, 0.25) is 0 Å². The van der Waals surface area contributed by atoms with Crippen LogP contribution >= 0.6 is 0 Å². The van der Waals surface area contributed by atoms with Crippen molar-refractivity contribution in [3.05, 3.63) is 29.3 Å². The van der Waals surface area contributed by atoms with Gasteiger partial charge in [0, 0.05) is 31.4 Å². The number of carbonyl (C=O) groups is 1. The van der Waals surface area contributed by atoms with Crippen molar-refractivity contribution >= 4 is 11.7 Å². The Balaban J connectivity index is 1.67. The first kappa shape index (κ1) is 16.2. The van der Waals surface area contributed by atoms with Gasteiger partial charge in [-0.1, -0.05) is 0 Å². The highest BCUT2D eigenvalue weighted by atomic mass is 19.4. The van der Waals surface area contributed by atoms with Crippen molar-refractivity contribution in [1.29, 1.82) is 5.26 Å². The molecule has 25 heavy (non-hydrogen) atoms. The molecule has 1 aromatic carbocycles. The summed E-state index contributed by atoms with van der Waals surface area (Å²) in [7, 11) is 0. The van der Waals surface area contributed by atoms with Gasteiger partial charge in [-0.15, -0.1) is 0 Å². The van der Waals surface area contributed by atoms with E-state index in [0.717, 1.165) is 18.6 Å². The van der Waals surface area contributed by atoms with Gasteiger partial charge in [-0.3, -0.25) is 4.90 Å². The van der Waals surface area contributed by atoms with Crippen LogP contribution in [0.2, 0.25) is 0 Å². The number of rotatable bonds is 1. The zero-order valence-corrected chi connectivity index (χ0v) is 13.1. The number of benzene rings is 1. The molecule has 3 heterocycles. The van der Waals surface area contributed by atoms with Crippen LogP contribution in [-0.4, -0.2) is 52.9 Å². The number of halogens is 3. The molecule has 0 radical (unpaired) electrons. The molecule has 3 aliphatic heterocycles. The van der Waals surface area contributed by atoms with Gasteiger partial charge >= 0.3 is 12.2 Å². The largest absolute Gasteiger partial charge is 0.417 e. The van der Waals surface area contributed by atoms with E-state index in [4.69, 9.17) is 5.26 Å². The van der Waals surface area contributed by atoms with Crippen molar-refractivity contribution in [1.82, 2.24) is 9.96 Å². The smallest absolute Gasteiger partial charge is 0.315 e. The van der Waals surface area contributed by atoms with Crippen LogP contribution in [0.5, 0.6) is 0 Å². The van der Waals surface area contributed by atoms with E-state index >= 15 is 0 Å². The van der Waals surface area contributed by atoms with E-state index in [1.165, 1.54) is 16.0 Å². The molecular weight excluding hydrogens is 337 g/mol. The third-order valence-electron chi connectivity index (χ3n) is 5.30. The number of fused-ring (bicyclic) bond motifs is 5. The van der Waals surface area contributed by atoms with E-state index < -0.39 is 17.3 Å². The summed E-state index contributed by atoms with van der Waals surface area (Å²) in [6, 6.07) is 4.32. The van der Waals surface area contributed by atoms with E-state index in [-0.39, 0.29) is 36.3 Å². The van der Waals surface area contributed by atoms with Crippen molar-refractivity contribution < 1.29 is 23.2 Å².